The van der Waals surface area contributed by atoms with Crippen LogP contribution >= 0.6 is 11.3 Å². The van der Waals surface area contributed by atoms with Crippen LogP contribution in [0.3, 0.4) is 0 Å². The number of nitrogens with one attached hydrogen (secondary N) is 2. The van der Waals surface area contributed by atoms with Crippen LogP contribution in [0.5, 0.6) is 0 Å². The minimum absolute atomic E-state index is 0.181. The summed E-state index contributed by atoms with van der Waals surface area (Å²) >= 11 is 1.62. The van der Waals surface area contributed by atoms with Crippen LogP contribution in [-0.4, -0.2) is 34.2 Å². The Bertz CT molecular complexity index is 1410. The van der Waals surface area contributed by atoms with Crippen LogP contribution in [0.1, 0.15) is 38.3 Å². The molecule has 1 unspecified atom stereocenters. The van der Waals surface area contributed by atoms with Crippen molar-refractivity contribution < 1.29 is 23.6 Å². The number of aryl methyl sites for hydroxylation is 3. The molecule has 1 aromatic carbocycles. The molecule has 0 aliphatic carbocycles. The number of urea groups is 1. The van der Waals surface area contributed by atoms with Gasteiger partial charge in [0.25, 0.3) is 11.6 Å². The molecule has 0 bridgehead atoms. The minimum Gasteiger partial charge on any atom is -0.449 e. The van der Waals surface area contributed by atoms with Crippen molar-refractivity contribution in [2.75, 3.05) is 0 Å². The first-order valence-electron chi connectivity index (χ1n) is 10.9. The molecule has 3 heterocycles. The number of hydrogen-bond donors (Lipinski definition) is 2. The van der Waals surface area contributed by atoms with E-state index in [0.717, 1.165) is 20.9 Å². The predicted molar refractivity (Wildman–Crippen MR) is 131 cm³/mol. The van der Waals surface area contributed by atoms with Crippen molar-refractivity contribution in [3.8, 4) is 11.3 Å². The summed E-state index contributed by atoms with van der Waals surface area (Å²) in [6.45, 7) is 7.29. The van der Waals surface area contributed by atoms with Crippen LogP contribution in [0.15, 0.2) is 47.0 Å². The molecule has 0 fully saturated rings. The van der Waals surface area contributed by atoms with Gasteiger partial charge in [-0.2, -0.15) is 0 Å². The Kier molecular flexibility index (Phi) is 6.92. The zero-order valence-electron chi connectivity index (χ0n) is 19.7. The molecule has 0 aliphatic rings. The molecule has 9 nitrogen and oxygen atoms in total. The fourth-order valence-corrected chi connectivity index (χ4v) is 4.53. The Morgan fingerprint density at radius 2 is 1.86 bits per heavy atom. The highest BCUT2D eigenvalue weighted by Crippen LogP contribution is 2.33. The van der Waals surface area contributed by atoms with Crippen LogP contribution in [0.25, 0.3) is 22.4 Å². The maximum Gasteiger partial charge on any atom is 0.339 e. The highest BCUT2D eigenvalue weighted by Gasteiger charge is 2.25. The Labute approximate surface area is 205 Å². The number of hydrogen-bond acceptors (Lipinski definition) is 8. The van der Waals surface area contributed by atoms with E-state index in [9.17, 15) is 14.4 Å². The number of carbonyl (C=O) groups excluding carboxylic acids is 3. The van der Waals surface area contributed by atoms with E-state index in [1.807, 2.05) is 50.2 Å². The van der Waals surface area contributed by atoms with Gasteiger partial charge in [0, 0.05) is 21.9 Å². The molecule has 0 saturated carbocycles. The normalized spacial score (nSPS) is 11.8. The first-order chi connectivity index (χ1) is 16.7. The molecule has 0 spiro atoms. The molecule has 4 rings (SSSR count). The fourth-order valence-electron chi connectivity index (χ4n) is 3.59. The number of fused-ring (bicyclic) bond motifs is 1. The van der Waals surface area contributed by atoms with Gasteiger partial charge in [0.2, 0.25) is 0 Å². The van der Waals surface area contributed by atoms with E-state index in [4.69, 9.17) is 9.26 Å². The summed E-state index contributed by atoms with van der Waals surface area (Å²) in [5.41, 5.74) is 3.15. The number of ether oxygens (including phenoxy) is 1. The van der Waals surface area contributed by atoms with Gasteiger partial charge in [-0.15, -0.1) is 11.3 Å². The second-order valence-electron chi connectivity index (χ2n) is 8.04. The van der Waals surface area contributed by atoms with Crippen molar-refractivity contribution in [2.24, 2.45) is 0 Å². The summed E-state index contributed by atoms with van der Waals surface area (Å²) in [6, 6.07) is 12.2. The molecule has 1 atom stereocenters. The minimum atomic E-state index is -1.22. The van der Waals surface area contributed by atoms with Gasteiger partial charge < -0.3 is 14.6 Å². The number of pyridine rings is 1. The quantitative estimate of drug-likeness (QED) is 0.381. The number of nitrogens with zero attached hydrogens (tertiary/aromatic N) is 2. The summed E-state index contributed by atoms with van der Waals surface area (Å²) in [5.74, 6) is -1.50. The molecule has 0 aliphatic heterocycles. The SMILES string of the molecule is Cc1cc(-c2cc(C(=O)OC(C)C(=O)NC(=O)NCc3ccccc3)c3c(C)noc3n2)c(C)s1. The summed E-state index contributed by atoms with van der Waals surface area (Å²) in [4.78, 5) is 44.3. The lowest BCUT2D eigenvalue weighted by molar-refractivity contribution is -0.127. The Morgan fingerprint density at radius 3 is 2.54 bits per heavy atom. The van der Waals surface area contributed by atoms with Gasteiger partial charge in [-0.25, -0.2) is 14.6 Å². The number of thiophene rings is 1. The molecular weight excluding hydrogens is 468 g/mol. The monoisotopic (exact) mass is 492 g/mol. The van der Waals surface area contributed by atoms with Crippen molar-refractivity contribution in [2.45, 2.75) is 40.3 Å². The second kappa shape index (κ2) is 10.1. The Hall–Kier alpha value is -4.05. The van der Waals surface area contributed by atoms with Crippen molar-refractivity contribution in [1.82, 2.24) is 20.8 Å². The highest BCUT2D eigenvalue weighted by molar-refractivity contribution is 7.12. The number of amides is 3. The molecular formula is C25H24N4O5S. The maximum atomic E-state index is 13.1. The highest BCUT2D eigenvalue weighted by atomic mass is 32.1. The molecule has 3 aromatic heterocycles. The molecule has 10 heteroatoms. The van der Waals surface area contributed by atoms with E-state index in [1.54, 1.807) is 24.3 Å². The standard InChI is InChI=1S/C25H24N4O5S/c1-13-10-18(16(4)35-13)20-11-19(21-14(2)29-34-23(21)27-20)24(31)33-15(3)22(30)28-25(32)26-12-17-8-6-5-7-9-17/h5-11,15H,12H2,1-4H3,(H2,26,28,30,32). The number of benzene rings is 1. The third-order valence-corrected chi connectivity index (χ3v) is 6.31. The third kappa shape index (κ3) is 5.38. The zero-order chi connectivity index (χ0) is 25.1. The topological polar surface area (TPSA) is 123 Å². The van der Waals surface area contributed by atoms with Crippen LogP contribution in [-0.2, 0) is 16.1 Å². The van der Waals surface area contributed by atoms with Crippen LogP contribution in [0, 0.1) is 20.8 Å². The molecule has 2 N–H and O–H groups in total. The summed E-state index contributed by atoms with van der Waals surface area (Å²) in [6.07, 6.45) is -1.22. The third-order valence-electron chi connectivity index (χ3n) is 5.34. The summed E-state index contributed by atoms with van der Waals surface area (Å²) in [7, 11) is 0. The van der Waals surface area contributed by atoms with E-state index >= 15 is 0 Å². The number of imide groups is 1. The largest absolute Gasteiger partial charge is 0.449 e. The van der Waals surface area contributed by atoms with Crippen LogP contribution in [0.4, 0.5) is 4.79 Å². The van der Waals surface area contributed by atoms with Gasteiger partial charge in [0.15, 0.2) is 6.10 Å². The number of carbonyl (C=O) groups is 3. The van der Waals surface area contributed by atoms with Gasteiger partial charge in [-0.3, -0.25) is 10.1 Å². The van der Waals surface area contributed by atoms with Gasteiger partial charge in [-0.05, 0) is 45.4 Å². The van der Waals surface area contributed by atoms with Crippen molar-refractivity contribution in [3.63, 3.8) is 0 Å². The second-order valence-corrected chi connectivity index (χ2v) is 9.50. The van der Waals surface area contributed by atoms with Gasteiger partial charge in [0.05, 0.1) is 22.3 Å². The van der Waals surface area contributed by atoms with Gasteiger partial charge in [0.1, 0.15) is 0 Å². The lowest BCUT2D eigenvalue weighted by Gasteiger charge is -2.14. The van der Waals surface area contributed by atoms with E-state index in [0.29, 0.717) is 16.8 Å². The molecule has 3 amide bonds. The van der Waals surface area contributed by atoms with Crippen molar-refractivity contribution in [1.29, 1.82) is 0 Å². The molecule has 4 aromatic rings. The lowest BCUT2D eigenvalue weighted by atomic mass is 10.1. The lowest BCUT2D eigenvalue weighted by Crippen LogP contribution is -2.44. The first kappa shape index (κ1) is 24.1. The molecule has 180 valence electrons. The Balaban J connectivity index is 1.48. The zero-order valence-corrected chi connectivity index (χ0v) is 20.5. The molecule has 0 radical (unpaired) electrons. The molecule has 0 saturated heterocycles. The van der Waals surface area contributed by atoms with Crippen molar-refractivity contribution >= 4 is 40.3 Å². The average Bonchev–Trinajstić information content (AvgIpc) is 3.38. The smallest absolute Gasteiger partial charge is 0.339 e. The average molecular weight is 493 g/mol. The number of esters is 1. The van der Waals surface area contributed by atoms with Crippen molar-refractivity contribution in [3.05, 3.63) is 69.0 Å². The summed E-state index contributed by atoms with van der Waals surface area (Å²) < 4.78 is 10.7. The predicted octanol–water partition coefficient (Wildman–Crippen LogP) is 4.45. The number of aromatic nitrogens is 2. The van der Waals surface area contributed by atoms with Gasteiger partial charge >= 0.3 is 12.0 Å². The van der Waals surface area contributed by atoms with E-state index in [1.165, 1.54) is 6.92 Å². The number of rotatable bonds is 6. The van der Waals surface area contributed by atoms with Crippen LogP contribution < -0.4 is 10.6 Å². The van der Waals surface area contributed by atoms with E-state index in [-0.39, 0.29) is 17.8 Å². The summed E-state index contributed by atoms with van der Waals surface area (Å²) in [5, 5.41) is 9.12. The van der Waals surface area contributed by atoms with E-state index < -0.39 is 24.0 Å². The van der Waals surface area contributed by atoms with Gasteiger partial charge in [-0.1, -0.05) is 35.5 Å². The molecule has 35 heavy (non-hydrogen) atoms. The Morgan fingerprint density at radius 1 is 1.11 bits per heavy atom. The van der Waals surface area contributed by atoms with Crippen LogP contribution in [0.2, 0.25) is 0 Å². The first-order valence-corrected chi connectivity index (χ1v) is 11.7. The maximum absolute atomic E-state index is 13.1. The fraction of sp³-hybridized carbons (Fsp3) is 0.240. The van der Waals surface area contributed by atoms with E-state index in [2.05, 4.69) is 20.8 Å².